The standard InChI is InChI=1S/C12H18FNOS/c1-3-15-12-6-5-10(9-11(12)13)14(2)7-4-8-16/h5-6,9,16H,3-4,7-8H2,1-2H3. The van der Waals surface area contributed by atoms with Crippen LogP contribution in [0.2, 0.25) is 0 Å². The second kappa shape index (κ2) is 6.63. The Labute approximate surface area is 102 Å². The number of hydrogen-bond donors (Lipinski definition) is 1. The second-order valence-electron chi connectivity index (χ2n) is 3.55. The van der Waals surface area contributed by atoms with Gasteiger partial charge in [0.05, 0.1) is 6.61 Å². The summed E-state index contributed by atoms with van der Waals surface area (Å²) >= 11 is 4.15. The molecular weight excluding hydrogens is 225 g/mol. The molecule has 0 aromatic heterocycles. The molecule has 0 spiro atoms. The molecule has 0 N–H and O–H groups in total. The fraction of sp³-hybridized carbons (Fsp3) is 0.500. The number of thiol groups is 1. The summed E-state index contributed by atoms with van der Waals surface area (Å²) in [6.45, 7) is 3.19. The van der Waals surface area contributed by atoms with E-state index in [1.807, 2.05) is 24.9 Å². The van der Waals surface area contributed by atoms with Gasteiger partial charge in [0, 0.05) is 25.3 Å². The number of rotatable bonds is 6. The van der Waals surface area contributed by atoms with Gasteiger partial charge in [0.1, 0.15) is 0 Å². The van der Waals surface area contributed by atoms with Crippen LogP contribution in [-0.2, 0) is 0 Å². The number of anilines is 1. The molecule has 16 heavy (non-hydrogen) atoms. The van der Waals surface area contributed by atoms with Gasteiger partial charge in [-0.1, -0.05) is 0 Å². The lowest BCUT2D eigenvalue weighted by molar-refractivity contribution is 0.321. The third-order valence-corrected chi connectivity index (χ3v) is 2.62. The molecule has 1 aromatic carbocycles. The predicted octanol–water partition coefficient (Wildman–Crippen LogP) is 2.98. The summed E-state index contributed by atoms with van der Waals surface area (Å²) in [5.41, 5.74) is 0.864. The number of hydrogen-bond acceptors (Lipinski definition) is 3. The third-order valence-electron chi connectivity index (χ3n) is 2.31. The second-order valence-corrected chi connectivity index (χ2v) is 3.99. The lowest BCUT2D eigenvalue weighted by Crippen LogP contribution is -2.18. The Morgan fingerprint density at radius 2 is 2.19 bits per heavy atom. The highest BCUT2D eigenvalue weighted by Crippen LogP contribution is 2.23. The quantitative estimate of drug-likeness (QED) is 0.771. The monoisotopic (exact) mass is 243 g/mol. The Hall–Kier alpha value is -0.900. The average molecular weight is 243 g/mol. The van der Waals surface area contributed by atoms with Gasteiger partial charge < -0.3 is 9.64 Å². The molecule has 0 aliphatic heterocycles. The third kappa shape index (κ3) is 3.59. The first-order valence-electron chi connectivity index (χ1n) is 5.43. The van der Waals surface area contributed by atoms with Gasteiger partial charge in [-0.25, -0.2) is 4.39 Å². The highest BCUT2D eigenvalue weighted by Gasteiger charge is 2.06. The molecule has 0 amide bonds. The Bertz CT molecular complexity index is 333. The molecular formula is C12H18FNOS. The molecule has 0 saturated heterocycles. The number of nitrogens with zero attached hydrogens (tertiary/aromatic N) is 1. The lowest BCUT2D eigenvalue weighted by Gasteiger charge is -2.19. The molecule has 1 rings (SSSR count). The van der Waals surface area contributed by atoms with Crippen molar-refractivity contribution in [2.24, 2.45) is 0 Å². The van der Waals surface area contributed by atoms with Crippen LogP contribution in [0, 0.1) is 5.82 Å². The van der Waals surface area contributed by atoms with E-state index in [1.165, 1.54) is 6.07 Å². The van der Waals surface area contributed by atoms with Crippen molar-refractivity contribution < 1.29 is 9.13 Å². The van der Waals surface area contributed by atoms with E-state index < -0.39 is 0 Å². The normalized spacial score (nSPS) is 10.2. The summed E-state index contributed by atoms with van der Waals surface area (Å²) in [6.07, 6.45) is 0.981. The Morgan fingerprint density at radius 1 is 1.44 bits per heavy atom. The first-order valence-corrected chi connectivity index (χ1v) is 6.06. The summed E-state index contributed by atoms with van der Waals surface area (Å²) in [5.74, 6) is 0.843. The van der Waals surface area contributed by atoms with Crippen molar-refractivity contribution in [2.75, 3.05) is 30.9 Å². The minimum Gasteiger partial charge on any atom is -0.491 e. The molecule has 0 fully saturated rings. The first kappa shape index (κ1) is 13.2. The molecule has 2 nitrogen and oxygen atoms in total. The van der Waals surface area contributed by atoms with Crippen molar-refractivity contribution >= 4 is 18.3 Å². The van der Waals surface area contributed by atoms with E-state index in [-0.39, 0.29) is 5.82 Å². The summed E-state index contributed by atoms with van der Waals surface area (Å²) < 4.78 is 18.7. The predicted molar refractivity (Wildman–Crippen MR) is 69.3 cm³/mol. The van der Waals surface area contributed by atoms with Crippen molar-refractivity contribution in [2.45, 2.75) is 13.3 Å². The van der Waals surface area contributed by atoms with Gasteiger partial charge in [-0.15, -0.1) is 0 Å². The molecule has 1 aromatic rings. The first-order chi connectivity index (χ1) is 7.69. The maximum Gasteiger partial charge on any atom is 0.167 e. The van der Waals surface area contributed by atoms with Gasteiger partial charge in [-0.05, 0) is 31.2 Å². The largest absolute Gasteiger partial charge is 0.491 e. The summed E-state index contributed by atoms with van der Waals surface area (Å²) in [5, 5.41) is 0. The number of ether oxygens (including phenoxy) is 1. The van der Waals surface area contributed by atoms with Gasteiger partial charge in [0.15, 0.2) is 11.6 Å². The summed E-state index contributed by atoms with van der Waals surface area (Å²) in [4.78, 5) is 2.01. The molecule has 0 radical (unpaired) electrons. The van der Waals surface area contributed by atoms with E-state index in [1.54, 1.807) is 6.07 Å². The fourth-order valence-corrected chi connectivity index (χ4v) is 1.58. The Morgan fingerprint density at radius 3 is 2.75 bits per heavy atom. The van der Waals surface area contributed by atoms with Crippen molar-refractivity contribution in [1.82, 2.24) is 0 Å². The summed E-state index contributed by atoms with van der Waals surface area (Å²) in [6, 6.07) is 5.04. The Kier molecular flexibility index (Phi) is 5.46. The SMILES string of the molecule is CCOc1ccc(N(C)CCCS)cc1F. The molecule has 0 heterocycles. The zero-order valence-corrected chi connectivity index (χ0v) is 10.6. The van der Waals surface area contributed by atoms with Crippen LogP contribution in [-0.4, -0.2) is 26.0 Å². The van der Waals surface area contributed by atoms with Gasteiger partial charge in [0.25, 0.3) is 0 Å². The molecule has 0 bridgehead atoms. The van der Waals surface area contributed by atoms with Crippen LogP contribution in [0.3, 0.4) is 0 Å². The van der Waals surface area contributed by atoms with Crippen LogP contribution in [0.4, 0.5) is 10.1 Å². The molecule has 0 unspecified atom stereocenters. The molecule has 0 aliphatic rings. The minimum absolute atomic E-state index is 0.308. The van der Waals surface area contributed by atoms with E-state index in [9.17, 15) is 4.39 Å². The van der Waals surface area contributed by atoms with Crippen LogP contribution in [0.5, 0.6) is 5.75 Å². The van der Waals surface area contributed by atoms with E-state index in [0.717, 1.165) is 24.4 Å². The van der Waals surface area contributed by atoms with Crippen molar-refractivity contribution in [3.05, 3.63) is 24.0 Å². The van der Waals surface area contributed by atoms with Crippen molar-refractivity contribution in [1.29, 1.82) is 0 Å². The minimum atomic E-state index is -0.308. The van der Waals surface area contributed by atoms with Crippen LogP contribution in [0.25, 0.3) is 0 Å². The van der Waals surface area contributed by atoms with Gasteiger partial charge >= 0.3 is 0 Å². The van der Waals surface area contributed by atoms with Crippen molar-refractivity contribution in [3.63, 3.8) is 0 Å². The van der Waals surface area contributed by atoms with Gasteiger partial charge in [0.2, 0.25) is 0 Å². The maximum absolute atomic E-state index is 13.6. The van der Waals surface area contributed by atoms with Gasteiger partial charge in [-0.3, -0.25) is 0 Å². The lowest BCUT2D eigenvalue weighted by atomic mass is 10.2. The highest BCUT2D eigenvalue weighted by atomic mass is 32.1. The number of halogens is 1. The Balaban J connectivity index is 2.71. The van der Waals surface area contributed by atoms with E-state index in [2.05, 4.69) is 12.6 Å². The topological polar surface area (TPSA) is 12.5 Å². The fourth-order valence-electron chi connectivity index (χ4n) is 1.44. The molecule has 4 heteroatoms. The molecule has 90 valence electrons. The van der Waals surface area contributed by atoms with Crippen LogP contribution in [0.1, 0.15) is 13.3 Å². The average Bonchev–Trinajstić information content (AvgIpc) is 2.29. The zero-order chi connectivity index (χ0) is 12.0. The van der Waals surface area contributed by atoms with Crippen molar-refractivity contribution in [3.8, 4) is 5.75 Å². The molecule has 0 atom stereocenters. The van der Waals surface area contributed by atoms with Crippen LogP contribution < -0.4 is 9.64 Å². The van der Waals surface area contributed by atoms with E-state index >= 15 is 0 Å². The van der Waals surface area contributed by atoms with Crippen LogP contribution in [0.15, 0.2) is 18.2 Å². The van der Waals surface area contributed by atoms with E-state index in [4.69, 9.17) is 4.74 Å². The molecule has 0 aliphatic carbocycles. The smallest absolute Gasteiger partial charge is 0.167 e. The zero-order valence-electron chi connectivity index (χ0n) is 9.74. The molecule has 0 saturated carbocycles. The highest BCUT2D eigenvalue weighted by molar-refractivity contribution is 7.80. The van der Waals surface area contributed by atoms with Crippen LogP contribution >= 0.6 is 12.6 Å². The van der Waals surface area contributed by atoms with Gasteiger partial charge in [-0.2, -0.15) is 12.6 Å². The maximum atomic E-state index is 13.6. The van der Waals surface area contributed by atoms with E-state index in [0.29, 0.717) is 12.4 Å². The number of benzene rings is 1. The summed E-state index contributed by atoms with van der Waals surface area (Å²) in [7, 11) is 1.94.